The van der Waals surface area contributed by atoms with Crippen LogP contribution in [0, 0.1) is 5.82 Å². The van der Waals surface area contributed by atoms with Gasteiger partial charge >= 0.3 is 0 Å². The van der Waals surface area contributed by atoms with Gasteiger partial charge in [-0.1, -0.05) is 24.3 Å². The zero-order valence-electron chi connectivity index (χ0n) is 12.9. The zero-order chi connectivity index (χ0) is 16.7. The molecule has 0 bridgehead atoms. The van der Waals surface area contributed by atoms with Crippen LogP contribution in [0.2, 0.25) is 0 Å². The van der Waals surface area contributed by atoms with Gasteiger partial charge in [0.1, 0.15) is 18.2 Å². The molecule has 120 valence electrons. The first kappa shape index (κ1) is 16.5. The lowest BCUT2D eigenvalue weighted by Gasteiger charge is -2.10. The molecule has 0 atom stereocenters. The number of nitrogen functional groups attached to an aromatic ring is 1. The van der Waals surface area contributed by atoms with E-state index in [9.17, 15) is 9.18 Å². The van der Waals surface area contributed by atoms with Crippen molar-refractivity contribution in [2.75, 3.05) is 12.3 Å². The fourth-order valence-electron chi connectivity index (χ4n) is 1.98. The number of hydrogen-bond donors (Lipinski definition) is 2. The fraction of sp³-hybridized carbons (Fsp3) is 0.167. The van der Waals surface area contributed by atoms with Crippen molar-refractivity contribution in [2.45, 2.75) is 13.5 Å². The number of hydrogen-bond acceptors (Lipinski definition) is 3. The van der Waals surface area contributed by atoms with Gasteiger partial charge in [-0.05, 0) is 36.8 Å². The molecule has 0 aliphatic rings. The third kappa shape index (κ3) is 4.85. The normalized spacial score (nSPS) is 10.7. The summed E-state index contributed by atoms with van der Waals surface area (Å²) in [6.45, 7) is 2.53. The monoisotopic (exact) mass is 314 g/mol. The summed E-state index contributed by atoms with van der Waals surface area (Å²) < 4.78 is 19.1. The first-order valence-corrected chi connectivity index (χ1v) is 7.31. The van der Waals surface area contributed by atoms with Gasteiger partial charge in [0, 0.05) is 18.2 Å². The maximum Gasteiger partial charge on any atom is 0.243 e. The van der Waals surface area contributed by atoms with Crippen molar-refractivity contribution in [3.63, 3.8) is 0 Å². The van der Waals surface area contributed by atoms with Crippen molar-refractivity contribution in [2.24, 2.45) is 0 Å². The van der Waals surface area contributed by atoms with Crippen LogP contribution in [0.5, 0.6) is 5.75 Å². The van der Waals surface area contributed by atoms with Crippen molar-refractivity contribution >= 4 is 17.7 Å². The number of amides is 1. The Morgan fingerprint density at radius 1 is 1.30 bits per heavy atom. The first-order valence-electron chi connectivity index (χ1n) is 7.31. The van der Waals surface area contributed by atoms with Crippen LogP contribution in [-0.4, -0.2) is 12.5 Å². The average molecular weight is 314 g/mol. The third-order valence-electron chi connectivity index (χ3n) is 3.15. The van der Waals surface area contributed by atoms with Gasteiger partial charge in [0.15, 0.2) is 0 Å². The van der Waals surface area contributed by atoms with Gasteiger partial charge in [0.05, 0.1) is 5.69 Å². The molecule has 2 aromatic rings. The Labute approximate surface area is 134 Å². The Morgan fingerprint density at radius 3 is 2.78 bits per heavy atom. The number of anilines is 1. The summed E-state index contributed by atoms with van der Waals surface area (Å²) in [6, 6.07) is 11.6. The minimum atomic E-state index is -0.312. The van der Waals surface area contributed by atoms with Crippen LogP contribution >= 0.6 is 0 Å². The van der Waals surface area contributed by atoms with E-state index in [4.69, 9.17) is 10.5 Å². The minimum absolute atomic E-state index is 0.102. The highest BCUT2D eigenvalue weighted by Crippen LogP contribution is 2.24. The third-order valence-corrected chi connectivity index (χ3v) is 3.15. The van der Waals surface area contributed by atoms with Crippen LogP contribution in [0.1, 0.15) is 18.1 Å². The summed E-state index contributed by atoms with van der Waals surface area (Å²) >= 11 is 0. The number of benzene rings is 2. The zero-order valence-corrected chi connectivity index (χ0v) is 12.9. The molecule has 5 heteroatoms. The van der Waals surface area contributed by atoms with E-state index in [1.165, 1.54) is 12.1 Å². The van der Waals surface area contributed by atoms with Gasteiger partial charge in [0.25, 0.3) is 0 Å². The van der Waals surface area contributed by atoms with Crippen molar-refractivity contribution in [3.8, 4) is 5.75 Å². The van der Waals surface area contributed by atoms with Crippen molar-refractivity contribution in [1.29, 1.82) is 0 Å². The van der Waals surface area contributed by atoms with Crippen LogP contribution in [-0.2, 0) is 11.4 Å². The second kappa shape index (κ2) is 7.98. The van der Waals surface area contributed by atoms with Crippen molar-refractivity contribution in [1.82, 2.24) is 5.32 Å². The van der Waals surface area contributed by atoms with E-state index in [0.29, 0.717) is 23.5 Å². The Balaban J connectivity index is 2.02. The summed E-state index contributed by atoms with van der Waals surface area (Å²) in [5.41, 5.74) is 7.61. The number of carbonyl (C=O) groups is 1. The van der Waals surface area contributed by atoms with Crippen molar-refractivity contribution < 1.29 is 13.9 Å². The Morgan fingerprint density at radius 2 is 2.09 bits per heavy atom. The summed E-state index contributed by atoms with van der Waals surface area (Å²) in [7, 11) is 0. The molecule has 0 aromatic heterocycles. The molecular weight excluding hydrogens is 295 g/mol. The number of carbonyl (C=O) groups excluding carboxylic acids is 1. The number of rotatable bonds is 6. The van der Waals surface area contributed by atoms with Crippen LogP contribution in [0.3, 0.4) is 0 Å². The molecule has 2 rings (SSSR count). The summed E-state index contributed by atoms with van der Waals surface area (Å²) in [6.07, 6.45) is 3.11. The lowest BCUT2D eigenvalue weighted by molar-refractivity contribution is -0.116. The predicted octanol–water partition coefficient (Wildman–Crippen LogP) is 3.14. The molecule has 2 aromatic carbocycles. The molecule has 23 heavy (non-hydrogen) atoms. The highest BCUT2D eigenvalue weighted by atomic mass is 19.1. The lowest BCUT2D eigenvalue weighted by atomic mass is 10.1. The van der Waals surface area contributed by atoms with E-state index >= 15 is 0 Å². The molecule has 3 N–H and O–H groups in total. The van der Waals surface area contributed by atoms with E-state index in [0.717, 1.165) is 5.56 Å². The number of halogens is 1. The van der Waals surface area contributed by atoms with Crippen molar-refractivity contribution in [3.05, 3.63) is 65.5 Å². The standard InChI is InChI=1S/C18H19FN2O2/c1-2-21-18(22)10-8-13-7-9-17(16(20)11-13)23-12-14-5-3-4-6-15(14)19/h3-11H,2,12,20H2,1H3,(H,21,22)/b10-8-. The van der Waals surface area contributed by atoms with Gasteiger partial charge in [-0.3, -0.25) is 4.79 Å². The van der Waals surface area contributed by atoms with Crippen LogP contribution in [0.25, 0.3) is 6.08 Å². The van der Waals surface area contributed by atoms with E-state index in [-0.39, 0.29) is 18.3 Å². The highest BCUT2D eigenvalue weighted by Gasteiger charge is 2.05. The van der Waals surface area contributed by atoms with Gasteiger partial charge < -0.3 is 15.8 Å². The Hall–Kier alpha value is -2.82. The summed E-state index contributed by atoms with van der Waals surface area (Å²) in [5, 5.41) is 2.67. The molecule has 0 heterocycles. The Kier molecular flexibility index (Phi) is 5.74. The van der Waals surface area contributed by atoms with Gasteiger partial charge in [-0.15, -0.1) is 0 Å². The molecule has 0 aliphatic carbocycles. The molecule has 0 saturated carbocycles. The smallest absolute Gasteiger partial charge is 0.243 e. The van der Waals surface area contributed by atoms with Gasteiger partial charge in [-0.2, -0.15) is 0 Å². The molecule has 0 saturated heterocycles. The second-order valence-corrected chi connectivity index (χ2v) is 4.91. The molecule has 0 aliphatic heterocycles. The van der Waals surface area contributed by atoms with E-state index in [2.05, 4.69) is 5.32 Å². The number of nitrogens with one attached hydrogen (secondary N) is 1. The molecule has 0 spiro atoms. The minimum Gasteiger partial charge on any atom is -0.487 e. The topological polar surface area (TPSA) is 64.3 Å². The number of nitrogens with two attached hydrogens (primary N) is 1. The average Bonchev–Trinajstić information content (AvgIpc) is 2.54. The molecule has 0 radical (unpaired) electrons. The second-order valence-electron chi connectivity index (χ2n) is 4.91. The SMILES string of the molecule is CCNC(=O)/C=C\c1ccc(OCc2ccccc2F)c(N)c1. The fourth-order valence-corrected chi connectivity index (χ4v) is 1.98. The van der Waals surface area contributed by atoms with Crippen LogP contribution in [0.4, 0.5) is 10.1 Å². The molecule has 1 amide bonds. The lowest BCUT2D eigenvalue weighted by Crippen LogP contribution is -2.19. The van der Waals surface area contributed by atoms with Gasteiger partial charge in [-0.25, -0.2) is 4.39 Å². The van der Waals surface area contributed by atoms with E-state index in [1.54, 1.807) is 42.5 Å². The van der Waals surface area contributed by atoms with Crippen LogP contribution in [0.15, 0.2) is 48.5 Å². The maximum absolute atomic E-state index is 13.5. The highest BCUT2D eigenvalue weighted by molar-refractivity contribution is 5.91. The molecule has 0 unspecified atom stereocenters. The number of ether oxygens (including phenoxy) is 1. The quantitative estimate of drug-likeness (QED) is 0.636. The van der Waals surface area contributed by atoms with E-state index in [1.807, 2.05) is 6.92 Å². The largest absolute Gasteiger partial charge is 0.487 e. The maximum atomic E-state index is 13.5. The molecule has 0 fully saturated rings. The van der Waals surface area contributed by atoms with Crippen LogP contribution < -0.4 is 15.8 Å². The van der Waals surface area contributed by atoms with Gasteiger partial charge in [0.2, 0.25) is 5.91 Å². The Bertz CT molecular complexity index is 714. The predicted molar refractivity (Wildman–Crippen MR) is 89.3 cm³/mol. The first-order chi connectivity index (χ1) is 11.1. The summed E-state index contributed by atoms with van der Waals surface area (Å²) in [5.74, 6) is 0.00178. The van der Waals surface area contributed by atoms with E-state index < -0.39 is 0 Å². The molecule has 4 nitrogen and oxygen atoms in total. The number of likely N-dealkylation sites (N-methyl/N-ethyl adjacent to an activating group) is 1. The summed E-state index contributed by atoms with van der Waals surface area (Å²) in [4.78, 5) is 11.4. The molecular formula is C18H19FN2O2.